The molecule has 2 fully saturated rings. The minimum atomic E-state index is -0.660. The van der Waals surface area contributed by atoms with Gasteiger partial charge in [-0.1, -0.05) is 13.8 Å². The molecule has 0 aromatic carbocycles. The molecule has 2 aromatic rings. The van der Waals surface area contributed by atoms with Crippen LogP contribution in [0.25, 0.3) is 4.96 Å². The number of imidazole rings is 1. The lowest BCUT2D eigenvalue weighted by molar-refractivity contribution is -0.135. The van der Waals surface area contributed by atoms with Crippen LogP contribution in [0.1, 0.15) is 38.1 Å². The second-order valence-corrected chi connectivity index (χ2v) is 9.03. The predicted molar refractivity (Wildman–Crippen MR) is 105 cm³/mol. The van der Waals surface area contributed by atoms with E-state index in [0.29, 0.717) is 19.4 Å². The summed E-state index contributed by atoms with van der Waals surface area (Å²) in [6, 6.07) is -0.145. The molecule has 0 N–H and O–H groups in total. The summed E-state index contributed by atoms with van der Waals surface area (Å²) in [5.74, 6) is 0.267. The van der Waals surface area contributed by atoms with Crippen molar-refractivity contribution < 1.29 is 9.59 Å². The zero-order valence-corrected chi connectivity index (χ0v) is 17.3. The number of likely N-dealkylation sites (tertiary alicyclic amines) is 1. The Morgan fingerprint density at radius 2 is 1.96 bits per heavy atom. The van der Waals surface area contributed by atoms with Gasteiger partial charge in [-0.05, 0) is 25.7 Å². The van der Waals surface area contributed by atoms with Gasteiger partial charge in [-0.25, -0.2) is 9.78 Å². The number of likely N-dealkylation sites (N-methyl/N-ethyl adjacent to an activating group) is 1. The number of hydrogen-bond donors (Lipinski definition) is 0. The molecule has 2 aromatic heterocycles. The van der Waals surface area contributed by atoms with Crippen molar-refractivity contribution in [3.05, 3.63) is 23.0 Å². The van der Waals surface area contributed by atoms with Crippen LogP contribution < -0.4 is 0 Å². The maximum atomic E-state index is 13.1. The molecule has 0 aliphatic carbocycles. The van der Waals surface area contributed by atoms with Gasteiger partial charge in [0.15, 0.2) is 4.96 Å². The normalized spacial score (nSPS) is 20.8. The van der Waals surface area contributed by atoms with E-state index in [2.05, 4.69) is 32.8 Å². The van der Waals surface area contributed by atoms with Crippen molar-refractivity contribution >= 4 is 28.2 Å². The summed E-state index contributed by atoms with van der Waals surface area (Å²) in [4.78, 5) is 36.9. The first-order chi connectivity index (χ1) is 12.8. The molecule has 0 saturated carbocycles. The number of carbonyl (C=O) groups excluding carboxylic acids is 2. The average Bonchev–Trinajstić information content (AvgIpc) is 3.24. The number of nitrogens with zero attached hydrogens (tertiary/aromatic N) is 5. The van der Waals surface area contributed by atoms with E-state index in [-0.39, 0.29) is 17.9 Å². The number of piperidine rings is 1. The van der Waals surface area contributed by atoms with Crippen molar-refractivity contribution in [2.75, 3.05) is 26.7 Å². The number of amides is 3. The zero-order chi connectivity index (χ0) is 19.3. The maximum absolute atomic E-state index is 13.1. The fraction of sp³-hybridized carbons (Fsp3) is 0.632. The number of rotatable bonds is 4. The molecule has 4 heterocycles. The molecule has 0 unspecified atom stereocenters. The van der Waals surface area contributed by atoms with Crippen molar-refractivity contribution in [2.24, 2.45) is 5.92 Å². The van der Waals surface area contributed by atoms with Crippen LogP contribution in [-0.2, 0) is 11.3 Å². The summed E-state index contributed by atoms with van der Waals surface area (Å²) in [7, 11) is 1.78. The van der Waals surface area contributed by atoms with E-state index in [9.17, 15) is 9.59 Å². The van der Waals surface area contributed by atoms with Crippen LogP contribution in [-0.4, -0.2) is 68.2 Å². The van der Waals surface area contributed by atoms with Gasteiger partial charge in [0.05, 0.1) is 11.4 Å². The van der Waals surface area contributed by atoms with Gasteiger partial charge in [-0.3, -0.25) is 19.0 Å². The number of aromatic nitrogens is 2. The van der Waals surface area contributed by atoms with Crippen molar-refractivity contribution in [1.82, 2.24) is 24.1 Å². The average molecular weight is 390 g/mol. The summed E-state index contributed by atoms with van der Waals surface area (Å²) in [6.07, 6.45) is 3.44. The molecule has 7 nitrogen and oxygen atoms in total. The molecule has 3 amide bonds. The molecule has 8 heteroatoms. The number of thiazole rings is 1. The van der Waals surface area contributed by atoms with Crippen LogP contribution in [0.2, 0.25) is 0 Å². The number of carbonyl (C=O) groups is 2. The smallest absolute Gasteiger partial charge is 0.312 e. The van der Waals surface area contributed by atoms with Crippen LogP contribution in [0.4, 0.5) is 4.79 Å². The van der Waals surface area contributed by atoms with Crippen molar-refractivity contribution in [3.63, 3.8) is 0 Å². The fourth-order valence-corrected chi connectivity index (χ4v) is 5.12. The van der Waals surface area contributed by atoms with Gasteiger partial charge in [0, 0.05) is 44.8 Å². The minimum Gasteiger partial charge on any atom is -0.312 e. The highest BCUT2D eigenvalue weighted by atomic mass is 32.1. The van der Waals surface area contributed by atoms with Crippen molar-refractivity contribution in [2.45, 2.75) is 45.7 Å². The van der Waals surface area contributed by atoms with E-state index in [4.69, 9.17) is 0 Å². The standard InChI is InChI=1S/C19H27N5O2S/c1-13(2)11-24-16(25)19(21(4)18(24)26)5-7-22(8-6-19)12-15-14(3)20-17-23(15)9-10-27-17/h9-10,13H,5-8,11-12H2,1-4H3. The first-order valence-electron chi connectivity index (χ1n) is 9.56. The van der Waals surface area contributed by atoms with Crippen LogP contribution in [0, 0.1) is 12.8 Å². The molecule has 0 bridgehead atoms. The second kappa shape index (κ2) is 6.60. The minimum absolute atomic E-state index is 0.0101. The first-order valence-corrected chi connectivity index (χ1v) is 10.4. The third-order valence-corrected chi connectivity index (χ3v) is 6.73. The number of imide groups is 1. The molecule has 0 atom stereocenters. The van der Waals surface area contributed by atoms with Crippen LogP contribution in [0.3, 0.4) is 0 Å². The van der Waals surface area contributed by atoms with Gasteiger partial charge < -0.3 is 4.90 Å². The Kier molecular flexibility index (Phi) is 4.50. The van der Waals surface area contributed by atoms with Gasteiger partial charge in [-0.15, -0.1) is 11.3 Å². The Morgan fingerprint density at radius 3 is 2.63 bits per heavy atom. The highest BCUT2D eigenvalue weighted by Gasteiger charge is 2.56. The Hall–Kier alpha value is -1.93. The maximum Gasteiger partial charge on any atom is 0.327 e. The Labute approximate surface area is 163 Å². The molecule has 2 aliphatic rings. The topological polar surface area (TPSA) is 61.2 Å². The third-order valence-electron chi connectivity index (χ3n) is 5.97. The summed E-state index contributed by atoms with van der Waals surface area (Å²) in [5, 5.41) is 2.05. The van der Waals surface area contributed by atoms with Gasteiger partial charge in [0.25, 0.3) is 5.91 Å². The van der Waals surface area contributed by atoms with E-state index in [1.54, 1.807) is 23.3 Å². The van der Waals surface area contributed by atoms with Crippen molar-refractivity contribution in [3.8, 4) is 0 Å². The lowest BCUT2D eigenvalue weighted by Gasteiger charge is -2.40. The Balaban J connectivity index is 1.48. The molecule has 1 spiro atoms. The van der Waals surface area contributed by atoms with Crippen LogP contribution in [0.5, 0.6) is 0 Å². The molecule has 2 saturated heterocycles. The lowest BCUT2D eigenvalue weighted by Crippen LogP contribution is -2.55. The van der Waals surface area contributed by atoms with Crippen molar-refractivity contribution in [1.29, 1.82) is 0 Å². The molecule has 2 aliphatic heterocycles. The predicted octanol–water partition coefficient (Wildman–Crippen LogP) is 2.59. The van der Waals surface area contributed by atoms with E-state index >= 15 is 0 Å². The monoisotopic (exact) mass is 389 g/mol. The zero-order valence-electron chi connectivity index (χ0n) is 16.4. The summed E-state index contributed by atoms with van der Waals surface area (Å²) < 4.78 is 2.16. The Bertz CT molecular complexity index is 878. The van der Waals surface area contributed by atoms with E-state index in [1.165, 1.54) is 10.6 Å². The SMILES string of the molecule is Cc1nc2sccn2c1CN1CCC2(CC1)C(=O)N(CC(C)C)C(=O)N2C. The quantitative estimate of drug-likeness (QED) is 0.754. The van der Waals surface area contributed by atoms with E-state index < -0.39 is 5.54 Å². The third kappa shape index (κ3) is 2.86. The number of aryl methyl sites for hydroxylation is 1. The van der Waals surface area contributed by atoms with Gasteiger partial charge in [-0.2, -0.15) is 0 Å². The molecule has 27 heavy (non-hydrogen) atoms. The van der Waals surface area contributed by atoms with Crippen LogP contribution >= 0.6 is 11.3 Å². The number of urea groups is 1. The number of fused-ring (bicyclic) bond motifs is 1. The largest absolute Gasteiger partial charge is 0.327 e. The summed E-state index contributed by atoms with van der Waals surface area (Å²) in [5.41, 5.74) is 1.62. The lowest BCUT2D eigenvalue weighted by atomic mass is 9.86. The van der Waals surface area contributed by atoms with Crippen LogP contribution in [0.15, 0.2) is 11.6 Å². The summed E-state index contributed by atoms with van der Waals surface area (Å²) >= 11 is 1.64. The van der Waals surface area contributed by atoms with E-state index in [1.807, 2.05) is 13.8 Å². The first kappa shape index (κ1) is 18.4. The summed E-state index contributed by atoms with van der Waals surface area (Å²) in [6.45, 7) is 9.04. The molecular weight excluding hydrogens is 362 g/mol. The highest BCUT2D eigenvalue weighted by molar-refractivity contribution is 7.15. The molecule has 4 rings (SSSR count). The number of hydrogen-bond acceptors (Lipinski definition) is 5. The molecule has 146 valence electrons. The van der Waals surface area contributed by atoms with Gasteiger partial charge in [0.2, 0.25) is 0 Å². The van der Waals surface area contributed by atoms with Gasteiger partial charge >= 0.3 is 6.03 Å². The molecular formula is C19H27N5O2S. The fourth-order valence-electron chi connectivity index (χ4n) is 4.35. The Morgan fingerprint density at radius 1 is 1.26 bits per heavy atom. The second-order valence-electron chi connectivity index (χ2n) is 8.16. The highest BCUT2D eigenvalue weighted by Crippen LogP contribution is 2.37. The molecule has 0 radical (unpaired) electrons. The van der Waals surface area contributed by atoms with Gasteiger partial charge in [0.1, 0.15) is 5.54 Å². The van der Waals surface area contributed by atoms with E-state index in [0.717, 1.165) is 30.3 Å².